The molecule has 0 fully saturated rings. The number of benzene rings is 2. The molecule has 1 spiro atoms. The largest absolute Gasteiger partial charge is 0.456 e. The number of amides is 1. The smallest absolute Gasteiger partial charge is 0.338 e. The van der Waals surface area contributed by atoms with Crippen molar-refractivity contribution in [2.24, 2.45) is 0 Å². The molecule has 0 bridgehead atoms. The van der Waals surface area contributed by atoms with Crippen LogP contribution < -0.4 is 10.6 Å². The van der Waals surface area contributed by atoms with Crippen molar-refractivity contribution < 1.29 is 18.7 Å². The van der Waals surface area contributed by atoms with E-state index in [0.29, 0.717) is 34.0 Å². The monoisotopic (exact) mass is 402 g/mol. The predicted octanol–water partition coefficient (Wildman–Crippen LogP) is 2.79. The molecule has 148 valence electrons. The van der Waals surface area contributed by atoms with Crippen molar-refractivity contribution in [1.29, 1.82) is 0 Å². The maximum absolute atomic E-state index is 14.3. The molecule has 3 aliphatic heterocycles. The van der Waals surface area contributed by atoms with Gasteiger partial charge in [-0.1, -0.05) is 18.2 Å². The van der Waals surface area contributed by atoms with Gasteiger partial charge in [0.2, 0.25) is 5.91 Å². The Morgan fingerprint density at radius 1 is 1.13 bits per heavy atom. The molecule has 0 aliphatic carbocycles. The van der Waals surface area contributed by atoms with E-state index >= 15 is 0 Å². The van der Waals surface area contributed by atoms with Crippen LogP contribution >= 0.6 is 0 Å². The summed E-state index contributed by atoms with van der Waals surface area (Å²) in [5.74, 6) is -0.954. The van der Waals surface area contributed by atoms with Crippen molar-refractivity contribution in [3.05, 3.63) is 82.4 Å². The van der Waals surface area contributed by atoms with Crippen LogP contribution in [0.3, 0.4) is 0 Å². The first-order valence-corrected chi connectivity index (χ1v) is 9.46. The third-order valence-electron chi connectivity index (χ3n) is 5.91. The number of nitrogens with zero attached hydrogens (tertiary/aromatic N) is 2. The number of hydrogen-bond acceptors (Lipinski definition) is 5. The topological polar surface area (TPSA) is 85.2 Å². The van der Waals surface area contributed by atoms with Gasteiger partial charge in [0.15, 0.2) is 0 Å². The Labute approximate surface area is 170 Å². The fourth-order valence-corrected chi connectivity index (χ4v) is 4.77. The maximum atomic E-state index is 14.3. The molecular formula is C22H15FN4O3. The van der Waals surface area contributed by atoms with Gasteiger partial charge in [-0.25, -0.2) is 13.9 Å². The summed E-state index contributed by atoms with van der Waals surface area (Å²) in [6.45, 7) is 1.78. The molecule has 7 nitrogen and oxygen atoms in total. The second-order valence-electron chi connectivity index (χ2n) is 7.51. The molecular weight excluding hydrogens is 387 g/mol. The van der Waals surface area contributed by atoms with Crippen molar-refractivity contribution in [3.8, 4) is 5.69 Å². The van der Waals surface area contributed by atoms with E-state index in [0.717, 1.165) is 5.69 Å². The minimum Gasteiger partial charge on any atom is -0.456 e. The molecule has 3 aliphatic rings. The van der Waals surface area contributed by atoms with E-state index < -0.39 is 23.1 Å². The van der Waals surface area contributed by atoms with Crippen molar-refractivity contribution in [1.82, 2.24) is 9.78 Å². The highest BCUT2D eigenvalue weighted by Crippen LogP contribution is 2.55. The average molecular weight is 402 g/mol. The first-order valence-electron chi connectivity index (χ1n) is 9.46. The lowest BCUT2D eigenvalue weighted by Crippen LogP contribution is -2.43. The van der Waals surface area contributed by atoms with Gasteiger partial charge in [0.25, 0.3) is 0 Å². The van der Waals surface area contributed by atoms with Crippen LogP contribution in [0.15, 0.2) is 59.8 Å². The highest BCUT2D eigenvalue weighted by Gasteiger charge is 2.61. The number of fused-ring (bicyclic) bond motifs is 5. The lowest BCUT2D eigenvalue weighted by Gasteiger charge is -2.33. The Bertz CT molecular complexity index is 1310. The molecule has 2 aromatic carbocycles. The molecule has 0 radical (unpaired) electrons. The van der Waals surface area contributed by atoms with Gasteiger partial charge in [-0.05, 0) is 37.3 Å². The second kappa shape index (κ2) is 5.56. The minimum absolute atomic E-state index is 0.00625. The number of cyclic esters (lactones) is 1. The first-order chi connectivity index (χ1) is 14.5. The minimum atomic E-state index is -1.53. The third-order valence-corrected chi connectivity index (χ3v) is 5.91. The van der Waals surface area contributed by atoms with E-state index in [1.807, 2.05) is 30.3 Å². The number of hydrogen-bond donors (Lipinski definition) is 2. The summed E-state index contributed by atoms with van der Waals surface area (Å²) in [6, 6.07) is 13.5. The summed E-state index contributed by atoms with van der Waals surface area (Å²) in [4.78, 5) is 26.3. The standard InChI is InChI=1S/C22H15FN4O3/c1-11-17-19(27(26-11)13-5-3-2-4-6-13)24-16-10-30-20(28)18(16)22(17)14-9-12(23)7-8-15(14)25-21(22)29/h2-9,24H,10H2,1H3,(H,25,29). The molecule has 1 aromatic heterocycles. The molecule has 1 unspecified atom stereocenters. The highest BCUT2D eigenvalue weighted by molar-refractivity contribution is 6.19. The Morgan fingerprint density at radius 2 is 1.93 bits per heavy atom. The second-order valence-corrected chi connectivity index (χ2v) is 7.51. The van der Waals surface area contributed by atoms with Crippen LogP contribution in [0, 0.1) is 12.7 Å². The zero-order valence-corrected chi connectivity index (χ0v) is 15.8. The third kappa shape index (κ3) is 1.90. The summed E-state index contributed by atoms with van der Waals surface area (Å²) in [5.41, 5.74) is 1.86. The molecule has 2 N–H and O–H groups in total. The Balaban J connectivity index is 1.74. The van der Waals surface area contributed by atoms with Gasteiger partial charge in [-0.15, -0.1) is 0 Å². The average Bonchev–Trinajstić information content (AvgIpc) is 3.37. The molecule has 8 heteroatoms. The van der Waals surface area contributed by atoms with Crippen molar-refractivity contribution >= 4 is 23.4 Å². The van der Waals surface area contributed by atoms with E-state index in [1.54, 1.807) is 11.6 Å². The summed E-state index contributed by atoms with van der Waals surface area (Å²) in [6.07, 6.45) is 0. The molecule has 4 heterocycles. The van der Waals surface area contributed by atoms with E-state index in [2.05, 4.69) is 15.7 Å². The Morgan fingerprint density at radius 3 is 2.73 bits per heavy atom. The van der Waals surface area contributed by atoms with Gasteiger partial charge < -0.3 is 15.4 Å². The van der Waals surface area contributed by atoms with E-state index in [-0.39, 0.29) is 12.2 Å². The predicted molar refractivity (Wildman–Crippen MR) is 106 cm³/mol. The summed E-state index contributed by atoms with van der Waals surface area (Å²) < 4.78 is 21.3. The van der Waals surface area contributed by atoms with Crippen molar-refractivity contribution in [2.45, 2.75) is 12.3 Å². The number of halogens is 1. The van der Waals surface area contributed by atoms with E-state index in [1.165, 1.54) is 18.2 Å². The van der Waals surface area contributed by atoms with Crippen molar-refractivity contribution in [2.75, 3.05) is 17.2 Å². The molecule has 3 aromatic rings. The Kier molecular flexibility index (Phi) is 3.15. The summed E-state index contributed by atoms with van der Waals surface area (Å²) >= 11 is 0. The number of para-hydroxylation sites is 1. The van der Waals surface area contributed by atoms with Gasteiger partial charge in [0.05, 0.1) is 22.7 Å². The van der Waals surface area contributed by atoms with Crippen LogP contribution in [0.4, 0.5) is 15.9 Å². The van der Waals surface area contributed by atoms with Gasteiger partial charge in [0, 0.05) is 16.8 Å². The molecule has 0 saturated heterocycles. The first kappa shape index (κ1) is 17.0. The zero-order valence-electron chi connectivity index (χ0n) is 15.8. The summed E-state index contributed by atoms with van der Waals surface area (Å²) in [5, 5.41) is 10.7. The van der Waals surface area contributed by atoms with Crippen LogP contribution in [-0.2, 0) is 19.7 Å². The van der Waals surface area contributed by atoms with Gasteiger partial charge >= 0.3 is 5.97 Å². The lowest BCUT2D eigenvalue weighted by molar-refractivity contribution is -0.137. The zero-order chi connectivity index (χ0) is 20.6. The van der Waals surface area contributed by atoms with E-state index in [9.17, 15) is 14.0 Å². The number of esters is 1. The Hall–Kier alpha value is -3.94. The molecule has 6 rings (SSSR count). The fourth-order valence-electron chi connectivity index (χ4n) is 4.77. The normalized spacial score (nSPS) is 21.1. The van der Waals surface area contributed by atoms with Crippen LogP contribution in [0.1, 0.15) is 16.8 Å². The van der Waals surface area contributed by atoms with E-state index in [4.69, 9.17) is 4.74 Å². The number of ether oxygens (including phenoxy) is 1. The quantitative estimate of drug-likeness (QED) is 0.612. The molecule has 30 heavy (non-hydrogen) atoms. The maximum Gasteiger partial charge on any atom is 0.338 e. The van der Waals surface area contributed by atoms with Crippen LogP contribution in [-0.4, -0.2) is 28.3 Å². The number of aromatic nitrogens is 2. The summed E-state index contributed by atoms with van der Waals surface area (Å²) in [7, 11) is 0. The number of carbonyl (C=O) groups is 2. The number of aryl methyl sites for hydroxylation is 1. The van der Waals surface area contributed by atoms with Crippen LogP contribution in [0.25, 0.3) is 5.69 Å². The van der Waals surface area contributed by atoms with Gasteiger partial charge in [0.1, 0.15) is 23.7 Å². The number of rotatable bonds is 1. The molecule has 1 atom stereocenters. The SMILES string of the molecule is Cc1nn(-c2ccccc2)c2c1C1(C(=O)Nc3ccc(F)cc31)C1=C(COC1=O)N2. The van der Waals surface area contributed by atoms with Crippen molar-refractivity contribution in [3.63, 3.8) is 0 Å². The van der Waals surface area contributed by atoms with Gasteiger partial charge in [-0.2, -0.15) is 5.10 Å². The van der Waals surface area contributed by atoms with Gasteiger partial charge in [-0.3, -0.25) is 4.79 Å². The molecule has 0 saturated carbocycles. The molecule has 1 amide bonds. The number of nitrogens with one attached hydrogen (secondary N) is 2. The fraction of sp³-hybridized carbons (Fsp3) is 0.136. The number of carbonyl (C=O) groups excluding carboxylic acids is 2. The lowest BCUT2D eigenvalue weighted by atomic mass is 9.67. The van der Waals surface area contributed by atoms with Crippen LogP contribution in [0.5, 0.6) is 0 Å². The van der Waals surface area contributed by atoms with Crippen LogP contribution in [0.2, 0.25) is 0 Å². The number of anilines is 2. The highest BCUT2D eigenvalue weighted by atomic mass is 19.1.